The van der Waals surface area contributed by atoms with Crippen LogP contribution in [0.4, 0.5) is 0 Å². The lowest BCUT2D eigenvalue weighted by Crippen LogP contribution is -2.66. The molecule has 4 nitrogen and oxygen atoms in total. The topological polar surface area (TPSA) is 36.9 Å². The van der Waals surface area contributed by atoms with Crippen molar-refractivity contribution in [2.24, 2.45) is 17.8 Å². The van der Waals surface area contributed by atoms with Crippen molar-refractivity contribution in [2.45, 2.75) is 71.6 Å². The zero-order valence-corrected chi connectivity index (χ0v) is 11.8. The summed E-state index contributed by atoms with van der Waals surface area (Å²) in [6.07, 6.45) is 5.87. The number of fused-ring (bicyclic) bond motifs is 2. The fourth-order valence-electron chi connectivity index (χ4n) is 4.55. The van der Waals surface area contributed by atoms with E-state index in [1.165, 1.54) is 12.0 Å². The van der Waals surface area contributed by atoms with Gasteiger partial charge in [-0.15, -0.1) is 0 Å². The maximum atomic E-state index is 6.11. The summed E-state index contributed by atoms with van der Waals surface area (Å²) in [5, 5.41) is 0. The highest BCUT2D eigenvalue weighted by atomic mass is 17.3. The van der Waals surface area contributed by atoms with Crippen LogP contribution in [-0.2, 0) is 19.2 Å². The Hall–Kier alpha value is -0.580. The molecular weight excluding hydrogens is 256 g/mol. The van der Waals surface area contributed by atoms with Crippen LogP contribution in [0.1, 0.15) is 53.9 Å². The number of hydrogen-bond donors (Lipinski definition) is 0. The molecule has 0 radical (unpaired) electrons. The van der Waals surface area contributed by atoms with Crippen molar-refractivity contribution in [1.82, 2.24) is 0 Å². The Morgan fingerprint density at radius 3 is 2.80 bits per heavy atom. The minimum atomic E-state index is -0.656. The van der Waals surface area contributed by atoms with Crippen molar-refractivity contribution in [2.75, 3.05) is 0 Å². The summed E-state index contributed by atoms with van der Waals surface area (Å²) < 4.78 is 12.0. The molecular formula is C16H26O4. The fourth-order valence-corrected chi connectivity index (χ4v) is 4.55. The number of hydrogen-bond acceptors (Lipinski definition) is 4. The minimum absolute atomic E-state index is 0. The van der Waals surface area contributed by atoms with Gasteiger partial charge in [0.15, 0.2) is 5.60 Å². The van der Waals surface area contributed by atoms with Crippen LogP contribution in [0.15, 0.2) is 11.8 Å². The van der Waals surface area contributed by atoms with Gasteiger partial charge in [-0.25, -0.2) is 9.78 Å². The lowest BCUT2D eigenvalue weighted by Gasteiger charge is -2.56. The predicted molar refractivity (Wildman–Crippen MR) is 74.4 cm³/mol. The van der Waals surface area contributed by atoms with E-state index in [9.17, 15) is 0 Å². The molecule has 5 aliphatic rings. The second-order valence-electron chi connectivity index (χ2n) is 6.85. The molecule has 0 aromatic heterocycles. The van der Waals surface area contributed by atoms with Crippen molar-refractivity contribution in [3.63, 3.8) is 0 Å². The van der Waals surface area contributed by atoms with Crippen molar-refractivity contribution in [1.29, 1.82) is 0 Å². The highest BCUT2D eigenvalue weighted by Crippen LogP contribution is 2.59. The molecule has 3 saturated heterocycles. The maximum Gasteiger partial charge on any atom is 0.235 e. The van der Waals surface area contributed by atoms with Crippen molar-refractivity contribution < 1.29 is 19.2 Å². The van der Waals surface area contributed by atoms with Crippen LogP contribution < -0.4 is 0 Å². The van der Waals surface area contributed by atoms with Crippen LogP contribution in [0, 0.1) is 17.8 Å². The average molecular weight is 282 g/mol. The largest absolute Gasteiger partial charge is 0.469 e. The summed E-state index contributed by atoms with van der Waals surface area (Å²) in [7, 11) is 0. The smallest absolute Gasteiger partial charge is 0.235 e. The summed E-state index contributed by atoms with van der Waals surface area (Å²) >= 11 is 0. The van der Waals surface area contributed by atoms with E-state index in [4.69, 9.17) is 19.2 Å². The first-order valence-corrected chi connectivity index (χ1v) is 7.42. The summed E-state index contributed by atoms with van der Waals surface area (Å²) in [6, 6.07) is 0. The second kappa shape index (κ2) is 4.46. The number of rotatable bonds is 0. The highest BCUT2D eigenvalue weighted by molar-refractivity contribution is 5.19. The lowest BCUT2D eigenvalue weighted by atomic mass is 9.60. The zero-order valence-electron chi connectivity index (χ0n) is 11.8. The van der Waals surface area contributed by atoms with E-state index in [1.54, 1.807) is 0 Å². The van der Waals surface area contributed by atoms with Gasteiger partial charge in [-0.2, -0.15) is 0 Å². The summed E-state index contributed by atoms with van der Waals surface area (Å²) in [6.45, 7) is 6.40. The van der Waals surface area contributed by atoms with Gasteiger partial charge >= 0.3 is 0 Å². The van der Waals surface area contributed by atoms with Crippen molar-refractivity contribution in [3.8, 4) is 0 Å². The first kappa shape index (κ1) is 14.4. The van der Waals surface area contributed by atoms with Crippen LogP contribution in [0.2, 0.25) is 0 Å². The molecule has 6 atom stereocenters. The molecule has 4 heterocycles. The molecule has 5 rings (SSSR count). The van der Waals surface area contributed by atoms with E-state index in [1.807, 2.05) is 13.2 Å². The van der Waals surface area contributed by atoms with Gasteiger partial charge in [0, 0.05) is 18.3 Å². The van der Waals surface area contributed by atoms with Crippen molar-refractivity contribution in [3.05, 3.63) is 11.8 Å². The molecule has 1 unspecified atom stereocenters. The Bertz CT molecular complexity index is 434. The van der Waals surface area contributed by atoms with E-state index in [0.29, 0.717) is 17.8 Å². The van der Waals surface area contributed by atoms with Crippen LogP contribution in [-0.4, -0.2) is 17.7 Å². The standard InChI is InChI=1S/C15H22O4.CH4/c1-9-4-5-11-10(2)8-16-13-15(11)12(9)6-7-14(3,17-13)18-19-15;/h8-9,11-13H,4-7H2,1-3H3;1H4/t9-,11?,12+,13-,14+,15+;/m1./s1. The molecule has 0 N–H and O–H groups in total. The quantitative estimate of drug-likeness (QED) is 0.634. The molecule has 20 heavy (non-hydrogen) atoms. The third kappa shape index (κ3) is 1.65. The third-order valence-corrected chi connectivity index (χ3v) is 5.65. The van der Waals surface area contributed by atoms with Gasteiger partial charge in [0.2, 0.25) is 12.1 Å². The first-order chi connectivity index (χ1) is 9.05. The molecule has 4 fully saturated rings. The lowest BCUT2D eigenvalue weighted by molar-refractivity contribution is -0.555. The van der Waals surface area contributed by atoms with E-state index in [0.717, 1.165) is 19.3 Å². The Balaban J connectivity index is 0.00000121. The van der Waals surface area contributed by atoms with Crippen molar-refractivity contribution >= 4 is 0 Å². The highest BCUT2D eigenvalue weighted by Gasteiger charge is 2.67. The first-order valence-electron chi connectivity index (χ1n) is 7.42. The molecule has 1 saturated carbocycles. The van der Waals surface area contributed by atoms with Crippen LogP contribution >= 0.6 is 0 Å². The molecule has 4 heteroatoms. The molecule has 1 spiro atoms. The van der Waals surface area contributed by atoms with Crippen LogP contribution in [0.3, 0.4) is 0 Å². The minimum Gasteiger partial charge on any atom is -0.469 e. The molecule has 114 valence electrons. The van der Waals surface area contributed by atoms with Gasteiger partial charge in [-0.1, -0.05) is 14.4 Å². The van der Waals surface area contributed by atoms with E-state index in [-0.39, 0.29) is 13.7 Å². The Morgan fingerprint density at radius 1 is 1.20 bits per heavy atom. The summed E-state index contributed by atoms with van der Waals surface area (Å²) in [5.41, 5.74) is 0.817. The third-order valence-electron chi connectivity index (χ3n) is 5.65. The monoisotopic (exact) mass is 282 g/mol. The van der Waals surface area contributed by atoms with Gasteiger partial charge < -0.3 is 9.47 Å². The number of ether oxygens (including phenoxy) is 2. The van der Waals surface area contributed by atoms with Crippen LogP contribution in [0.25, 0.3) is 0 Å². The SMILES string of the molecule is C.CC1=CO[C@@H]2O[C@]3(C)CC[C@H]4[C@H](C)CCC1[C@@]24OO3. The summed E-state index contributed by atoms with van der Waals surface area (Å²) in [4.78, 5) is 11.7. The maximum absolute atomic E-state index is 6.11. The normalized spacial score (nSPS) is 53.0. The predicted octanol–water partition coefficient (Wildman–Crippen LogP) is 3.77. The van der Waals surface area contributed by atoms with E-state index < -0.39 is 11.4 Å². The molecule has 0 aromatic rings. The van der Waals surface area contributed by atoms with Gasteiger partial charge in [0.25, 0.3) is 0 Å². The molecule has 4 aliphatic heterocycles. The van der Waals surface area contributed by atoms with E-state index >= 15 is 0 Å². The summed E-state index contributed by atoms with van der Waals surface area (Å²) in [5.74, 6) is 0.775. The van der Waals surface area contributed by atoms with Gasteiger partial charge in [0.05, 0.1) is 6.26 Å². The van der Waals surface area contributed by atoms with Crippen LogP contribution in [0.5, 0.6) is 0 Å². The zero-order chi connectivity index (χ0) is 13.3. The average Bonchev–Trinajstić information content (AvgIpc) is 2.61. The molecule has 0 aromatic carbocycles. The fraction of sp³-hybridized carbons (Fsp3) is 0.875. The van der Waals surface area contributed by atoms with Gasteiger partial charge in [-0.3, -0.25) is 0 Å². The molecule has 2 bridgehead atoms. The Kier molecular flexibility index (Phi) is 3.20. The second-order valence-corrected chi connectivity index (χ2v) is 6.85. The molecule has 1 aliphatic carbocycles. The van der Waals surface area contributed by atoms with Gasteiger partial charge in [-0.05, 0) is 44.6 Å². The Labute approximate surface area is 121 Å². The molecule has 0 amide bonds. The van der Waals surface area contributed by atoms with E-state index in [2.05, 4.69) is 13.8 Å². The Morgan fingerprint density at radius 2 is 2.00 bits per heavy atom. The van der Waals surface area contributed by atoms with Gasteiger partial charge in [0.1, 0.15) is 0 Å².